The van der Waals surface area contributed by atoms with E-state index in [1.165, 1.54) is 0 Å². The first-order chi connectivity index (χ1) is 11.7. The van der Waals surface area contributed by atoms with E-state index in [2.05, 4.69) is 26.1 Å². The first-order valence-corrected chi connectivity index (χ1v) is 8.39. The molecule has 0 aliphatic carbocycles. The highest BCUT2D eigenvalue weighted by Crippen LogP contribution is 2.28. The van der Waals surface area contributed by atoms with Crippen molar-refractivity contribution in [2.24, 2.45) is 0 Å². The number of carbonyl (C=O) groups excluding carboxylic acids is 1. The summed E-state index contributed by atoms with van der Waals surface area (Å²) in [5, 5.41) is 4.03. The maximum absolute atomic E-state index is 12.2. The molecule has 24 heavy (non-hydrogen) atoms. The van der Waals surface area contributed by atoms with Crippen molar-refractivity contribution in [2.75, 3.05) is 13.1 Å². The van der Waals surface area contributed by atoms with Gasteiger partial charge in [-0.05, 0) is 33.6 Å². The van der Waals surface area contributed by atoms with E-state index in [9.17, 15) is 4.79 Å². The van der Waals surface area contributed by atoms with Crippen molar-refractivity contribution in [1.82, 2.24) is 15.0 Å². The molecule has 0 saturated carbocycles. The Balaban J connectivity index is 1.36. The molecule has 0 bridgehead atoms. The van der Waals surface area contributed by atoms with Crippen molar-refractivity contribution in [2.45, 2.75) is 12.3 Å². The molecule has 0 radical (unpaired) electrons. The summed E-state index contributed by atoms with van der Waals surface area (Å²) in [4.78, 5) is 18.4. The molecule has 4 rings (SSSR count). The van der Waals surface area contributed by atoms with Gasteiger partial charge >= 0.3 is 0 Å². The minimum atomic E-state index is -0.124. The van der Waals surface area contributed by atoms with E-state index in [1.807, 2.05) is 30.3 Å². The molecule has 6 nitrogen and oxygen atoms in total. The highest BCUT2D eigenvalue weighted by Gasteiger charge is 2.37. The van der Waals surface area contributed by atoms with Crippen LogP contribution in [0.2, 0.25) is 0 Å². The Labute approximate surface area is 146 Å². The Morgan fingerprint density at radius 2 is 2.00 bits per heavy atom. The van der Waals surface area contributed by atoms with Gasteiger partial charge in [0, 0.05) is 19.5 Å². The third kappa shape index (κ3) is 2.99. The fraction of sp³-hybridized carbons (Fsp3) is 0.235. The standard InChI is InChI=1S/C17H14BrN3O3/c18-14-7-6-13(23-14)17(22)21-9-12(10-21)16-19-15(20-24-16)8-11-4-2-1-3-5-11/h1-7,12H,8-10H2. The minimum Gasteiger partial charge on any atom is -0.444 e. The third-order valence-corrected chi connectivity index (χ3v) is 4.42. The summed E-state index contributed by atoms with van der Waals surface area (Å²) in [5.41, 5.74) is 1.14. The van der Waals surface area contributed by atoms with E-state index in [0.717, 1.165) is 5.56 Å². The van der Waals surface area contributed by atoms with E-state index in [1.54, 1.807) is 17.0 Å². The fourth-order valence-electron chi connectivity index (χ4n) is 2.67. The third-order valence-electron chi connectivity index (χ3n) is 3.99. The summed E-state index contributed by atoms with van der Waals surface area (Å²) < 4.78 is 11.2. The molecule has 0 spiro atoms. The van der Waals surface area contributed by atoms with Crippen LogP contribution in [0.25, 0.3) is 0 Å². The molecular weight excluding hydrogens is 374 g/mol. The van der Waals surface area contributed by atoms with Crippen molar-refractivity contribution in [3.63, 3.8) is 0 Å². The average Bonchev–Trinajstić information content (AvgIpc) is 3.16. The smallest absolute Gasteiger partial charge is 0.289 e. The van der Waals surface area contributed by atoms with E-state index < -0.39 is 0 Å². The summed E-state index contributed by atoms with van der Waals surface area (Å²) >= 11 is 3.20. The predicted octanol–water partition coefficient (Wildman–Crippen LogP) is 3.26. The number of halogens is 1. The molecule has 1 fully saturated rings. The topological polar surface area (TPSA) is 72.4 Å². The number of nitrogens with zero attached hydrogens (tertiary/aromatic N) is 3. The lowest BCUT2D eigenvalue weighted by molar-refractivity contribution is 0.0535. The van der Waals surface area contributed by atoms with E-state index in [0.29, 0.717) is 41.7 Å². The van der Waals surface area contributed by atoms with Crippen LogP contribution >= 0.6 is 15.9 Å². The molecule has 3 heterocycles. The molecule has 1 aromatic carbocycles. The average molecular weight is 388 g/mol. The zero-order chi connectivity index (χ0) is 16.5. The number of aromatic nitrogens is 2. The summed E-state index contributed by atoms with van der Waals surface area (Å²) in [6.07, 6.45) is 0.639. The number of hydrogen-bond acceptors (Lipinski definition) is 5. The summed E-state index contributed by atoms with van der Waals surface area (Å²) in [5.74, 6) is 1.54. The zero-order valence-corrected chi connectivity index (χ0v) is 14.3. The first kappa shape index (κ1) is 15.1. The number of hydrogen-bond donors (Lipinski definition) is 0. The number of likely N-dealkylation sites (tertiary alicyclic amines) is 1. The molecule has 122 valence electrons. The molecule has 0 atom stereocenters. The maximum Gasteiger partial charge on any atom is 0.289 e. The summed E-state index contributed by atoms with van der Waals surface area (Å²) in [6, 6.07) is 13.4. The maximum atomic E-state index is 12.2. The van der Waals surface area contributed by atoms with Gasteiger partial charge in [0.2, 0.25) is 5.89 Å². The van der Waals surface area contributed by atoms with Crippen LogP contribution in [0.15, 0.2) is 56.1 Å². The number of carbonyl (C=O) groups is 1. The van der Waals surface area contributed by atoms with Crippen LogP contribution in [0.5, 0.6) is 0 Å². The minimum absolute atomic E-state index is 0.0874. The first-order valence-electron chi connectivity index (χ1n) is 7.60. The number of amides is 1. The second kappa shape index (κ2) is 6.24. The molecule has 1 amide bonds. The van der Waals surface area contributed by atoms with Crippen LogP contribution in [0.4, 0.5) is 0 Å². The van der Waals surface area contributed by atoms with Crippen LogP contribution in [0, 0.1) is 0 Å². The van der Waals surface area contributed by atoms with Crippen molar-refractivity contribution in [1.29, 1.82) is 0 Å². The van der Waals surface area contributed by atoms with Gasteiger partial charge in [0.15, 0.2) is 16.3 Å². The van der Waals surface area contributed by atoms with Gasteiger partial charge in [-0.25, -0.2) is 0 Å². The van der Waals surface area contributed by atoms with Gasteiger partial charge in [-0.1, -0.05) is 35.5 Å². The molecule has 3 aromatic rings. The molecule has 0 N–H and O–H groups in total. The lowest BCUT2D eigenvalue weighted by atomic mass is 10.00. The van der Waals surface area contributed by atoms with Crippen molar-refractivity contribution in [3.05, 3.63) is 70.2 Å². The summed E-state index contributed by atoms with van der Waals surface area (Å²) in [6.45, 7) is 1.12. The SMILES string of the molecule is O=C(c1ccc(Br)o1)N1CC(c2nc(Cc3ccccc3)no2)C1. The predicted molar refractivity (Wildman–Crippen MR) is 88.6 cm³/mol. The Kier molecular flexibility index (Phi) is 3.93. The number of furan rings is 1. The second-order valence-electron chi connectivity index (χ2n) is 5.72. The molecule has 2 aromatic heterocycles. The van der Waals surface area contributed by atoms with Gasteiger partial charge in [0.25, 0.3) is 5.91 Å². The number of benzene rings is 1. The van der Waals surface area contributed by atoms with E-state index >= 15 is 0 Å². The largest absolute Gasteiger partial charge is 0.444 e. The van der Waals surface area contributed by atoms with Crippen LogP contribution in [0.1, 0.15) is 33.8 Å². The van der Waals surface area contributed by atoms with Gasteiger partial charge in [0.05, 0.1) is 5.92 Å². The fourth-order valence-corrected chi connectivity index (χ4v) is 2.98. The van der Waals surface area contributed by atoms with Crippen molar-refractivity contribution >= 4 is 21.8 Å². The summed E-state index contributed by atoms with van der Waals surface area (Å²) in [7, 11) is 0. The molecule has 1 saturated heterocycles. The van der Waals surface area contributed by atoms with E-state index in [4.69, 9.17) is 8.94 Å². The zero-order valence-electron chi connectivity index (χ0n) is 12.7. The van der Waals surface area contributed by atoms with Crippen LogP contribution < -0.4 is 0 Å². The van der Waals surface area contributed by atoms with Gasteiger partial charge < -0.3 is 13.8 Å². The highest BCUT2D eigenvalue weighted by atomic mass is 79.9. The molecule has 0 unspecified atom stereocenters. The Hall–Kier alpha value is -2.41. The highest BCUT2D eigenvalue weighted by molar-refractivity contribution is 9.10. The number of rotatable bonds is 4. The normalized spacial score (nSPS) is 14.6. The van der Waals surface area contributed by atoms with Crippen LogP contribution in [-0.2, 0) is 6.42 Å². The van der Waals surface area contributed by atoms with Crippen molar-refractivity contribution in [3.8, 4) is 0 Å². The lowest BCUT2D eigenvalue weighted by Crippen LogP contribution is -2.48. The monoisotopic (exact) mass is 387 g/mol. The molecule has 1 aliphatic rings. The molecular formula is C17H14BrN3O3. The Bertz CT molecular complexity index is 853. The van der Waals surface area contributed by atoms with Gasteiger partial charge in [-0.15, -0.1) is 0 Å². The van der Waals surface area contributed by atoms with Gasteiger partial charge in [-0.3, -0.25) is 4.79 Å². The van der Waals surface area contributed by atoms with Gasteiger partial charge in [-0.2, -0.15) is 4.98 Å². The Morgan fingerprint density at radius 1 is 1.21 bits per heavy atom. The van der Waals surface area contributed by atoms with Crippen molar-refractivity contribution < 1.29 is 13.7 Å². The second-order valence-corrected chi connectivity index (χ2v) is 6.50. The lowest BCUT2D eigenvalue weighted by Gasteiger charge is -2.36. The van der Waals surface area contributed by atoms with E-state index in [-0.39, 0.29) is 11.8 Å². The Morgan fingerprint density at radius 3 is 2.71 bits per heavy atom. The quantitative estimate of drug-likeness (QED) is 0.686. The van der Waals surface area contributed by atoms with Crippen LogP contribution in [-0.4, -0.2) is 34.0 Å². The van der Waals surface area contributed by atoms with Crippen LogP contribution in [0.3, 0.4) is 0 Å². The molecule has 7 heteroatoms. The van der Waals surface area contributed by atoms with Gasteiger partial charge in [0.1, 0.15) is 0 Å². The molecule has 1 aliphatic heterocycles.